The van der Waals surface area contributed by atoms with Crippen molar-refractivity contribution in [1.82, 2.24) is 29.6 Å². The smallest absolute Gasteiger partial charge is 0.137 e. The number of hydrogen-bond acceptors (Lipinski definition) is 7. The first-order chi connectivity index (χ1) is 15.1. The molecule has 1 aromatic carbocycles. The molecule has 0 saturated carbocycles. The van der Waals surface area contributed by atoms with E-state index in [0.29, 0.717) is 6.54 Å². The van der Waals surface area contributed by atoms with Crippen LogP contribution in [0.2, 0.25) is 0 Å². The normalized spacial score (nSPS) is 18.1. The highest BCUT2D eigenvalue weighted by atomic mass is 16.5. The number of piperidine rings is 1. The Balaban J connectivity index is 1.29. The molecule has 2 aromatic heterocycles. The van der Waals surface area contributed by atoms with Gasteiger partial charge in [-0.15, -0.1) is 0 Å². The number of ether oxygens (including phenoxy) is 2. The van der Waals surface area contributed by atoms with Crippen LogP contribution < -0.4 is 4.74 Å². The topological polar surface area (TPSA) is 78.2 Å². The maximum absolute atomic E-state index is 6.35. The number of aromatic nitrogens is 5. The highest BCUT2D eigenvalue weighted by molar-refractivity contribution is 5.37. The van der Waals surface area contributed by atoms with E-state index in [4.69, 9.17) is 14.5 Å². The fourth-order valence-corrected chi connectivity index (χ4v) is 4.75. The SMILES string of the molecule is COc1ccc(CN2CCC3(CC2)OCCc2cnc(C)nc23)cc1Cn1cncn1. The highest BCUT2D eigenvalue weighted by Gasteiger charge is 2.42. The van der Waals surface area contributed by atoms with E-state index < -0.39 is 0 Å². The van der Waals surface area contributed by atoms with Crippen LogP contribution in [0.1, 0.15) is 41.1 Å². The number of likely N-dealkylation sites (tertiary alicyclic amines) is 1. The molecule has 0 atom stereocenters. The fraction of sp³-hybridized carbons (Fsp3) is 0.478. The quantitative estimate of drug-likeness (QED) is 0.627. The molecule has 5 rings (SSSR count). The standard InChI is InChI=1S/C23H28N6O2/c1-17-25-12-19-5-10-31-23(22(19)27-17)6-8-28(9-7-23)13-18-3-4-21(30-2)20(11-18)14-29-16-24-15-26-29/h3-4,11-12,15-16H,5-10,13-14H2,1-2H3. The monoisotopic (exact) mass is 420 g/mol. The van der Waals surface area contributed by atoms with Crippen LogP contribution in [0, 0.1) is 6.92 Å². The Morgan fingerprint density at radius 1 is 1.19 bits per heavy atom. The predicted octanol–water partition coefficient (Wildman–Crippen LogP) is 2.50. The van der Waals surface area contributed by atoms with E-state index in [9.17, 15) is 0 Å². The molecule has 2 aliphatic rings. The van der Waals surface area contributed by atoms with Crippen LogP contribution in [0.5, 0.6) is 5.75 Å². The third kappa shape index (κ3) is 4.05. The van der Waals surface area contributed by atoms with Gasteiger partial charge in [0.1, 0.15) is 29.8 Å². The minimum absolute atomic E-state index is 0.254. The first-order valence-electron chi connectivity index (χ1n) is 10.8. The van der Waals surface area contributed by atoms with Gasteiger partial charge in [0.2, 0.25) is 0 Å². The average molecular weight is 421 g/mol. The molecule has 0 bridgehead atoms. The Kier molecular flexibility index (Phi) is 5.41. The summed E-state index contributed by atoms with van der Waals surface area (Å²) in [6.07, 6.45) is 8.09. The van der Waals surface area contributed by atoms with Crippen molar-refractivity contribution in [2.24, 2.45) is 0 Å². The first kappa shape index (κ1) is 20.1. The average Bonchev–Trinajstić information content (AvgIpc) is 3.29. The molecule has 162 valence electrons. The molecule has 4 heterocycles. The summed E-state index contributed by atoms with van der Waals surface area (Å²) < 4.78 is 13.7. The van der Waals surface area contributed by atoms with Gasteiger partial charge in [-0.1, -0.05) is 6.07 Å². The molecule has 3 aromatic rings. The molecule has 8 heteroatoms. The van der Waals surface area contributed by atoms with Crippen molar-refractivity contribution in [3.05, 3.63) is 65.3 Å². The van der Waals surface area contributed by atoms with Crippen molar-refractivity contribution in [1.29, 1.82) is 0 Å². The third-order valence-electron chi connectivity index (χ3n) is 6.38. The first-order valence-corrected chi connectivity index (χ1v) is 10.8. The molecule has 1 saturated heterocycles. The van der Waals surface area contributed by atoms with Crippen LogP contribution in [0.15, 0.2) is 37.1 Å². The fourth-order valence-electron chi connectivity index (χ4n) is 4.75. The number of aryl methyl sites for hydroxylation is 1. The zero-order chi connectivity index (χ0) is 21.3. The van der Waals surface area contributed by atoms with Gasteiger partial charge in [0.05, 0.1) is 26.0 Å². The second kappa shape index (κ2) is 8.36. The molecule has 0 N–H and O–H groups in total. The summed E-state index contributed by atoms with van der Waals surface area (Å²) in [5, 5.41) is 4.22. The van der Waals surface area contributed by atoms with Gasteiger partial charge in [-0.3, -0.25) is 4.90 Å². The summed E-state index contributed by atoms with van der Waals surface area (Å²) >= 11 is 0. The van der Waals surface area contributed by atoms with Crippen LogP contribution in [0.25, 0.3) is 0 Å². The zero-order valence-electron chi connectivity index (χ0n) is 18.1. The lowest BCUT2D eigenvalue weighted by atomic mass is 9.83. The molecule has 0 amide bonds. The summed E-state index contributed by atoms with van der Waals surface area (Å²) in [5.74, 6) is 1.70. The van der Waals surface area contributed by atoms with Gasteiger partial charge >= 0.3 is 0 Å². The lowest BCUT2D eigenvalue weighted by molar-refractivity contribution is -0.102. The summed E-state index contributed by atoms with van der Waals surface area (Å²) in [6, 6.07) is 6.41. The minimum Gasteiger partial charge on any atom is -0.496 e. The summed E-state index contributed by atoms with van der Waals surface area (Å²) in [5.41, 5.74) is 4.49. The van der Waals surface area contributed by atoms with E-state index in [2.05, 4.69) is 32.1 Å². The lowest BCUT2D eigenvalue weighted by Crippen LogP contribution is -2.47. The van der Waals surface area contributed by atoms with E-state index in [1.54, 1.807) is 19.8 Å². The Morgan fingerprint density at radius 2 is 2.06 bits per heavy atom. The Bertz CT molecular complexity index is 1040. The van der Waals surface area contributed by atoms with Crippen LogP contribution in [-0.2, 0) is 29.8 Å². The number of hydrogen-bond donors (Lipinski definition) is 0. The van der Waals surface area contributed by atoms with Crippen LogP contribution >= 0.6 is 0 Å². The van der Waals surface area contributed by atoms with Crippen molar-refractivity contribution in [2.75, 3.05) is 26.8 Å². The van der Waals surface area contributed by atoms with Gasteiger partial charge in [0.25, 0.3) is 0 Å². The highest BCUT2D eigenvalue weighted by Crippen LogP contribution is 2.40. The molecule has 0 radical (unpaired) electrons. The van der Waals surface area contributed by atoms with Crippen molar-refractivity contribution < 1.29 is 9.47 Å². The zero-order valence-corrected chi connectivity index (χ0v) is 18.1. The van der Waals surface area contributed by atoms with E-state index in [1.807, 2.05) is 23.9 Å². The van der Waals surface area contributed by atoms with Crippen LogP contribution in [0.3, 0.4) is 0 Å². The largest absolute Gasteiger partial charge is 0.496 e. The maximum atomic E-state index is 6.35. The van der Waals surface area contributed by atoms with E-state index in [1.165, 1.54) is 11.1 Å². The van der Waals surface area contributed by atoms with Gasteiger partial charge in [-0.05, 0) is 49.4 Å². The van der Waals surface area contributed by atoms with Crippen molar-refractivity contribution in [3.8, 4) is 5.75 Å². The third-order valence-corrected chi connectivity index (χ3v) is 6.38. The minimum atomic E-state index is -0.254. The number of rotatable bonds is 5. The van der Waals surface area contributed by atoms with Gasteiger partial charge in [-0.2, -0.15) is 5.10 Å². The predicted molar refractivity (Wildman–Crippen MR) is 115 cm³/mol. The van der Waals surface area contributed by atoms with Gasteiger partial charge in [0, 0.05) is 31.4 Å². The second-order valence-corrected chi connectivity index (χ2v) is 8.40. The van der Waals surface area contributed by atoms with Crippen molar-refractivity contribution >= 4 is 0 Å². The molecule has 31 heavy (non-hydrogen) atoms. The lowest BCUT2D eigenvalue weighted by Gasteiger charge is -2.44. The van der Waals surface area contributed by atoms with E-state index in [0.717, 1.165) is 68.3 Å². The van der Waals surface area contributed by atoms with E-state index in [-0.39, 0.29) is 5.60 Å². The molecular formula is C23H28N6O2. The van der Waals surface area contributed by atoms with Gasteiger partial charge in [-0.25, -0.2) is 19.6 Å². The molecule has 2 aliphatic heterocycles. The molecule has 1 spiro atoms. The Morgan fingerprint density at radius 3 is 2.84 bits per heavy atom. The van der Waals surface area contributed by atoms with Crippen molar-refractivity contribution in [3.63, 3.8) is 0 Å². The van der Waals surface area contributed by atoms with E-state index >= 15 is 0 Å². The van der Waals surface area contributed by atoms with Crippen LogP contribution in [-0.4, -0.2) is 56.4 Å². The number of methoxy groups -OCH3 is 1. The molecule has 0 unspecified atom stereocenters. The number of benzene rings is 1. The summed E-state index contributed by atoms with van der Waals surface area (Å²) in [7, 11) is 1.71. The molecule has 1 fully saturated rings. The Hall–Kier alpha value is -2.84. The van der Waals surface area contributed by atoms with Gasteiger partial charge < -0.3 is 9.47 Å². The Labute approximate surface area is 182 Å². The second-order valence-electron chi connectivity index (χ2n) is 8.40. The summed E-state index contributed by atoms with van der Waals surface area (Å²) in [6.45, 7) is 6.21. The molecule has 0 aliphatic carbocycles. The maximum Gasteiger partial charge on any atom is 0.137 e. The van der Waals surface area contributed by atoms with Crippen molar-refractivity contribution in [2.45, 2.75) is 44.9 Å². The molecule has 8 nitrogen and oxygen atoms in total. The summed E-state index contributed by atoms with van der Waals surface area (Å²) in [4.78, 5) is 15.7. The van der Waals surface area contributed by atoms with Crippen LogP contribution in [0.4, 0.5) is 0 Å². The van der Waals surface area contributed by atoms with Gasteiger partial charge in [0.15, 0.2) is 0 Å². The number of fused-ring (bicyclic) bond motifs is 2. The molecular weight excluding hydrogens is 392 g/mol. The number of nitrogens with zero attached hydrogens (tertiary/aromatic N) is 6.